The lowest BCUT2D eigenvalue weighted by Crippen LogP contribution is -2.30. The highest BCUT2D eigenvalue weighted by molar-refractivity contribution is 7.21. The zero-order valence-corrected chi connectivity index (χ0v) is 15.8. The number of hydrogen-bond donors (Lipinski definition) is 1. The molecule has 2 aromatic heterocycles. The van der Waals surface area contributed by atoms with Gasteiger partial charge in [0.1, 0.15) is 4.88 Å². The number of aryl methyl sites for hydroxylation is 1. The fraction of sp³-hybridized carbons (Fsp3) is 0.333. The summed E-state index contributed by atoms with van der Waals surface area (Å²) in [5.74, 6) is -0.378. The molecule has 4 nitrogen and oxygen atoms in total. The third-order valence-electron chi connectivity index (χ3n) is 4.84. The van der Waals surface area contributed by atoms with E-state index in [4.69, 9.17) is 11.6 Å². The molecule has 0 aliphatic heterocycles. The maximum absolute atomic E-state index is 12.9. The molecule has 0 saturated heterocycles. The Hall–Kier alpha value is -2.06. The van der Waals surface area contributed by atoms with Gasteiger partial charge < -0.3 is 5.32 Å². The standard InChI is InChI=1S/C18H15ClF3N3OS/c1-25-13-4-2-3-12(11(13)8-23-25)24-17(26)16-15(19)10-6-5-9(18(20,21)22)7-14(10)27-16/h5-8,12H,2-4H2,1H3,(H,24,26). The highest BCUT2D eigenvalue weighted by Crippen LogP contribution is 2.39. The number of fused-ring (bicyclic) bond motifs is 2. The Labute approximate surface area is 161 Å². The molecule has 27 heavy (non-hydrogen) atoms. The lowest BCUT2D eigenvalue weighted by Gasteiger charge is -2.23. The number of carbonyl (C=O) groups is 1. The quantitative estimate of drug-likeness (QED) is 0.634. The first-order valence-corrected chi connectivity index (χ1v) is 9.56. The van der Waals surface area contributed by atoms with Crippen molar-refractivity contribution in [3.05, 3.63) is 51.1 Å². The number of benzene rings is 1. The van der Waals surface area contributed by atoms with Crippen LogP contribution in [0.5, 0.6) is 0 Å². The Balaban J connectivity index is 1.64. The molecule has 0 radical (unpaired) electrons. The molecule has 0 bridgehead atoms. The molecular formula is C18H15ClF3N3OS. The number of amides is 1. The summed E-state index contributed by atoms with van der Waals surface area (Å²) in [4.78, 5) is 13.0. The van der Waals surface area contributed by atoms with Crippen molar-refractivity contribution in [1.29, 1.82) is 0 Å². The van der Waals surface area contributed by atoms with E-state index in [1.807, 2.05) is 7.05 Å². The zero-order chi connectivity index (χ0) is 19.3. The van der Waals surface area contributed by atoms with Crippen molar-refractivity contribution >= 4 is 38.9 Å². The van der Waals surface area contributed by atoms with Gasteiger partial charge in [0.25, 0.3) is 5.91 Å². The molecule has 1 aromatic carbocycles. The number of carbonyl (C=O) groups excluding carboxylic acids is 1. The fourth-order valence-corrected chi connectivity index (χ4v) is 4.93. The van der Waals surface area contributed by atoms with Crippen molar-refractivity contribution < 1.29 is 18.0 Å². The Morgan fingerprint density at radius 2 is 2.19 bits per heavy atom. The van der Waals surface area contributed by atoms with Gasteiger partial charge >= 0.3 is 6.18 Å². The number of nitrogens with one attached hydrogen (secondary N) is 1. The Kier molecular flexibility index (Phi) is 4.43. The van der Waals surface area contributed by atoms with E-state index in [0.717, 1.165) is 54.0 Å². The molecular weight excluding hydrogens is 399 g/mol. The second kappa shape index (κ2) is 6.53. The number of rotatable bonds is 2. The molecule has 0 spiro atoms. The summed E-state index contributed by atoms with van der Waals surface area (Å²) in [6.45, 7) is 0. The monoisotopic (exact) mass is 413 g/mol. The SMILES string of the molecule is Cn1ncc2c1CCCC2NC(=O)c1sc2cc(C(F)(F)F)ccc2c1Cl. The van der Waals surface area contributed by atoms with E-state index >= 15 is 0 Å². The normalized spacial score (nSPS) is 17.1. The fourth-order valence-electron chi connectivity index (χ4n) is 3.47. The van der Waals surface area contributed by atoms with Crippen molar-refractivity contribution in [2.75, 3.05) is 0 Å². The second-order valence-corrected chi connectivity index (χ2v) is 7.97. The molecule has 1 atom stereocenters. The van der Waals surface area contributed by atoms with Gasteiger partial charge in [-0.05, 0) is 31.4 Å². The van der Waals surface area contributed by atoms with Crippen molar-refractivity contribution in [2.24, 2.45) is 7.05 Å². The average Bonchev–Trinajstić information content (AvgIpc) is 3.16. The van der Waals surface area contributed by atoms with Crippen LogP contribution in [0.3, 0.4) is 0 Å². The molecule has 1 unspecified atom stereocenters. The summed E-state index contributed by atoms with van der Waals surface area (Å²) in [7, 11) is 1.87. The van der Waals surface area contributed by atoms with E-state index in [1.54, 1.807) is 10.9 Å². The molecule has 1 N–H and O–H groups in total. The van der Waals surface area contributed by atoms with Crippen LogP contribution in [0, 0.1) is 0 Å². The first-order chi connectivity index (χ1) is 12.8. The van der Waals surface area contributed by atoms with Gasteiger partial charge in [0, 0.05) is 28.4 Å². The van der Waals surface area contributed by atoms with Gasteiger partial charge in [-0.15, -0.1) is 11.3 Å². The summed E-state index contributed by atoms with van der Waals surface area (Å²) >= 11 is 7.27. The van der Waals surface area contributed by atoms with E-state index in [2.05, 4.69) is 10.4 Å². The highest BCUT2D eigenvalue weighted by Gasteiger charge is 2.32. The van der Waals surface area contributed by atoms with E-state index in [9.17, 15) is 18.0 Å². The van der Waals surface area contributed by atoms with Crippen molar-refractivity contribution in [1.82, 2.24) is 15.1 Å². The number of hydrogen-bond acceptors (Lipinski definition) is 3. The molecule has 4 rings (SSSR count). The van der Waals surface area contributed by atoms with Gasteiger partial charge in [-0.1, -0.05) is 17.7 Å². The van der Waals surface area contributed by atoms with E-state index in [0.29, 0.717) is 10.1 Å². The molecule has 3 aromatic rings. The van der Waals surface area contributed by atoms with Crippen LogP contribution in [-0.4, -0.2) is 15.7 Å². The summed E-state index contributed by atoms with van der Waals surface area (Å²) in [5, 5.41) is 7.84. The molecule has 0 saturated carbocycles. The molecule has 1 aliphatic carbocycles. The first kappa shape index (κ1) is 18.3. The molecule has 9 heteroatoms. The van der Waals surface area contributed by atoms with Gasteiger partial charge in [-0.25, -0.2) is 0 Å². The molecule has 0 fully saturated rings. The van der Waals surface area contributed by atoms with Crippen LogP contribution in [0.2, 0.25) is 5.02 Å². The van der Waals surface area contributed by atoms with Crippen LogP contribution in [0.25, 0.3) is 10.1 Å². The van der Waals surface area contributed by atoms with E-state index < -0.39 is 11.7 Å². The Morgan fingerprint density at radius 1 is 1.41 bits per heavy atom. The number of halogens is 4. The van der Waals surface area contributed by atoms with Crippen LogP contribution < -0.4 is 5.32 Å². The third-order valence-corrected chi connectivity index (χ3v) is 6.50. The van der Waals surface area contributed by atoms with Crippen molar-refractivity contribution in [3.8, 4) is 0 Å². The van der Waals surface area contributed by atoms with Crippen LogP contribution in [0.1, 0.15) is 45.4 Å². The maximum Gasteiger partial charge on any atom is 0.416 e. The summed E-state index contributed by atoms with van der Waals surface area (Å²) in [6.07, 6.45) is -0.0761. The third kappa shape index (κ3) is 3.21. The predicted molar refractivity (Wildman–Crippen MR) is 98.2 cm³/mol. The maximum atomic E-state index is 12.9. The van der Waals surface area contributed by atoms with Crippen molar-refractivity contribution in [3.63, 3.8) is 0 Å². The zero-order valence-electron chi connectivity index (χ0n) is 14.2. The van der Waals surface area contributed by atoms with Gasteiger partial charge in [-0.3, -0.25) is 9.48 Å². The second-order valence-electron chi connectivity index (χ2n) is 6.54. The van der Waals surface area contributed by atoms with E-state index in [1.165, 1.54) is 6.07 Å². The first-order valence-electron chi connectivity index (χ1n) is 8.36. The lowest BCUT2D eigenvalue weighted by atomic mass is 9.93. The highest BCUT2D eigenvalue weighted by atomic mass is 35.5. The van der Waals surface area contributed by atoms with Crippen LogP contribution >= 0.6 is 22.9 Å². The van der Waals surface area contributed by atoms with Gasteiger partial charge in [0.05, 0.1) is 22.8 Å². The van der Waals surface area contributed by atoms with Crippen LogP contribution in [-0.2, 0) is 19.6 Å². The van der Waals surface area contributed by atoms with Crippen molar-refractivity contribution in [2.45, 2.75) is 31.5 Å². The van der Waals surface area contributed by atoms with Gasteiger partial charge in [0.15, 0.2) is 0 Å². The minimum absolute atomic E-state index is 0.179. The van der Waals surface area contributed by atoms with Crippen LogP contribution in [0.15, 0.2) is 24.4 Å². The van der Waals surface area contributed by atoms with Gasteiger partial charge in [0.2, 0.25) is 0 Å². The van der Waals surface area contributed by atoms with Gasteiger partial charge in [-0.2, -0.15) is 18.3 Å². The minimum Gasteiger partial charge on any atom is -0.344 e. The summed E-state index contributed by atoms with van der Waals surface area (Å²) < 4.78 is 40.9. The van der Waals surface area contributed by atoms with Crippen LogP contribution in [0.4, 0.5) is 13.2 Å². The average molecular weight is 414 g/mol. The summed E-state index contributed by atoms with van der Waals surface area (Å²) in [6, 6.07) is 3.14. The predicted octanol–water partition coefficient (Wildman–Crippen LogP) is 5.11. The lowest BCUT2D eigenvalue weighted by molar-refractivity contribution is -0.137. The Bertz CT molecular complexity index is 1040. The topological polar surface area (TPSA) is 46.9 Å². The molecule has 142 valence electrons. The molecule has 2 heterocycles. The number of thiophene rings is 1. The number of nitrogens with zero attached hydrogens (tertiary/aromatic N) is 2. The number of aromatic nitrogens is 2. The molecule has 1 amide bonds. The largest absolute Gasteiger partial charge is 0.416 e. The summed E-state index contributed by atoms with van der Waals surface area (Å²) in [5.41, 5.74) is 1.31. The minimum atomic E-state index is -4.44. The van der Waals surface area contributed by atoms with E-state index in [-0.39, 0.29) is 21.8 Å². The molecule has 1 aliphatic rings. The smallest absolute Gasteiger partial charge is 0.344 e. The Morgan fingerprint density at radius 3 is 2.93 bits per heavy atom. The number of alkyl halides is 3.